The van der Waals surface area contributed by atoms with E-state index in [1.165, 1.54) is 16.9 Å². The maximum atomic E-state index is 12.5. The number of hydrogen-bond acceptors (Lipinski definition) is 7. The molecule has 2 saturated heterocycles. The summed E-state index contributed by atoms with van der Waals surface area (Å²) in [6.07, 6.45) is 0.348. The molecule has 2 aliphatic rings. The number of carbonyl (C=O) groups is 2. The lowest BCUT2D eigenvalue weighted by Gasteiger charge is -2.20. The molecule has 0 aliphatic carbocycles. The van der Waals surface area contributed by atoms with Crippen molar-refractivity contribution in [3.8, 4) is 0 Å². The van der Waals surface area contributed by atoms with Crippen LogP contribution >= 0.6 is 11.3 Å². The summed E-state index contributed by atoms with van der Waals surface area (Å²) in [7, 11) is 0. The second-order valence-corrected chi connectivity index (χ2v) is 8.19. The molecule has 6 nitrogen and oxygen atoms in total. The molecule has 7 heteroatoms. The second kappa shape index (κ2) is 5.81. The predicted molar refractivity (Wildman–Crippen MR) is 97.2 cm³/mol. The molecule has 1 spiro atoms. The molecule has 2 fully saturated rings. The summed E-state index contributed by atoms with van der Waals surface area (Å²) in [6, 6.07) is 8.01. The van der Waals surface area contributed by atoms with Crippen molar-refractivity contribution < 1.29 is 19.1 Å². The van der Waals surface area contributed by atoms with Crippen LogP contribution in [0.5, 0.6) is 0 Å². The standard InChI is InChI=1S/C19H20N2O4S/c1-11-4-6-13(7-5-11)20-17-21-14(9-26-17)18(3)10-19(16(23)25-18)8-12(2)24-15(19)22/h4-7,9,12H,8,10H2,1-3H3,(H,20,21)/t12-,18-,19+/m1/s1. The number of aryl methyl sites for hydroxylation is 1. The number of esters is 2. The van der Waals surface area contributed by atoms with Crippen molar-refractivity contribution in [1.82, 2.24) is 4.98 Å². The van der Waals surface area contributed by atoms with Crippen LogP contribution in [-0.2, 0) is 24.7 Å². The van der Waals surface area contributed by atoms with E-state index in [-0.39, 0.29) is 12.5 Å². The van der Waals surface area contributed by atoms with Gasteiger partial charge in [-0.05, 0) is 32.9 Å². The monoisotopic (exact) mass is 372 g/mol. The zero-order valence-electron chi connectivity index (χ0n) is 14.9. The minimum absolute atomic E-state index is 0.260. The topological polar surface area (TPSA) is 77.5 Å². The second-order valence-electron chi connectivity index (χ2n) is 7.33. The van der Waals surface area contributed by atoms with Gasteiger partial charge in [-0.2, -0.15) is 0 Å². The molecule has 2 aliphatic heterocycles. The smallest absolute Gasteiger partial charge is 0.324 e. The molecule has 0 amide bonds. The number of hydrogen-bond donors (Lipinski definition) is 1. The van der Waals surface area contributed by atoms with E-state index in [0.29, 0.717) is 17.2 Å². The number of rotatable bonds is 3. The fourth-order valence-electron chi connectivity index (χ4n) is 3.69. The van der Waals surface area contributed by atoms with Gasteiger partial charge >= 0.3 is 11.9 Å². The molecule has 1 aromatic heterocycles. The molecule has 0 radical (unpaired) electrons. The van der Waals surface area contributed by atoms with Crippen LogP contribution in [0.3, 0.4) is 0 Å². The van der Waals surface area contributed by atoms with E-state index < -0.39 is 23.0 Å². The molecule has 0 unspecified atom stereocenters. The van der Waals surface area contributed by atoms with Gasteiger partial charge in [0.25, 0.3) is 0 Å². The Morgan fingerprint density at radius 3 is 2.62 bits per heavy atom. The number of benzene rings is 1. The van der Waals surface area contributed by atoms with Gasteiger partial charge in [-0.15, -0.1) is 11.3 Å². The van der Waals surface area contributed by atoms with Gasteiger partial charge in [0.2, 0.25) is 0 Å². The van der Waals surface area contributed by atoms with Gasteiger partial charge < -0.3 is 14.8 Å². The zero-order valence-corrected chi connectivity index (χ0v) is 15.7. The molecular formula is C19H20N2O4S. The Hall–Kier alpha value is -2.41. The van der Waals surface area contributed by atoms with E-state index in [1.54, 1.807) is 13.8 Å². The van der Waals surface area contributed by atoms with Crippen LogP contribution in [0.15, 0.2) is 29.6 Å². The van der Waals surface area contributed by atoms with E-state index in [0.717, 1.165) is 5.69 Å². The van der Waals surface area contributed by atoms with Crippen molar-refractivity contribution >= 4 is 34.1 Å². The normalized spacial score (nSPS) is 30.5. The third kappa shape index (κ3) is 2.67. The highest BCUT2D eigenvalue weighted by molar-refractivity contribution is 7.13. The van der Waals surface area contributed by atoms with Crippen LogP contribution in [0, 0.1) is 12.3 Å². The molecule has 4 rings (SSSR count). The molecule has 1 aromatic carbocycles. The molecule has 3 heterocycles. The Morgan fingerprint density at radius 2 is 1.96 bits per heavy atom. The van der Waals surface area contributed by atoms with Crippen LogP contribution < -0.4 is 5.32 Å². The maximum Gasteiger partial charge on any atom is 0.324 e. The maximum absolute atomic E-state index is 12.5. The molecular weight excluding hydrogens is 352 g/mol. The van der Waals surface area contributed by atoms with Crippen LogP contribution in [-0.4, -0.2) is 23.0 Å². The van der Waals surface area contributed by atoms with Crippen molar-refractivity contribution in [3.05, 3.63) is 40.9 Å². The molecule has 2 aromatic rings. The summed E-state index contributed by atoms with van der Waals surface area (Å²) < 4.78 is 10.9. The number of aromatic nitrogens is 1. The van der Waals surface area contributed by atoms with Crippen LogP contribution in [0.1, 0.15) is 37.9 Å². The van der Waals surface area contributed by atoms with Gasteiger partial charge in [-0.1, -0.05) is 17.7 Å². The van der Waals surface area contributed by atoms with E-state index in [4.69, 9.17) is 9.47 Å². The molecule has 26 heavy (non-hydrogen) atoms. The Labute approximate surface area is 155 Å². The van der Waals surface area contributed by atoms with Crippen molar-refractivity contribution in [2.24, 2.45) is 5.41 Å². The highest BCUT2D eigenvalue weighted by atomic mass is 32.1. The highest BCUT2D eigenvalue weighted by Crippen LogP contribution is 2.52. The molecule has 3 atom stereocenters. The lowest BCUT2D eigenvalue weighted by Crippen LogP contribution is -2.31. The number of ether oxygens (including phenoxy) is 2. The fraction of sp³-hybridized carbons (Fsp3) is 0.421. The summed E-state index contributed by atoms with van der Waals surface area (Å²) in [4.78, 5) is 29.4. The Kier molecular flexibility index (Phi) is 3.80. The SMILES string of the molecule is Cc1ccc(Nc2nc([C@@]3(C)C[C@]4(C[C@@H](C)OC4=O)C(=O)O3)cs2)cc1. The van der Waals surface area contributed by atoms with Gasteiger partial charge in [0.05, 0.1) is 5.69 Å². The Morgan fingerprint density at radius 1 is 1.23 bits per heavy atom. The number of thiazole rings is 1. The van der Waals surface area contributed by atoms with E-state index in [2.05, 4.69) is 10.3 Å². The van der Waals surface area contributed by atoms with Crippen molar-refractivity contribution in [2.45, 2.75) is 45.3 Å². The summed E-state index contributed by atoms with van der Waals surface area (Å²) in [5.41, 5.74) is 0.653. The van der Waals surface area contributed by atoms with Gasteiger partial charge in [0.1, 0.15) is 6.10 Å². The molecule has 0 saturated carbocycles. The van der Waals surface area contributed by atoms with Crippen molar-refractivity contribution in [2.75, 3.05) is 5.32 Å². The number of cyclic esters (lactones) is 2. The Bertz CT molecular complexity index is 878. The molecule has 1 N–H and O–H groups in total. The summed E-state index contributed by atoms with van der Waals surface area (Å²) in [5.74, 6) is -0.984. The average molecular weight is 372 g/mol. The van der Waals surface area contributed by atoms with Gasteiger partial charge in [-0.3, -0.25) is 9.59 Å². The largest absolute Gasteiger partial charge is 0.462 e. The van der Waals surface area contributed by atoms with Crippen molar-refractivity contribution in [3.63, 3.8) is 0 Å². The quantitative estimate of drug-likeness (QED) is 0.654. The summed E-state index contributed by atoms with van der Waals surface area (Å²) in [5, 5.41) is 5.84. The Balaban J connectivity index is 1.56. The van der Waals surface area contributed by atoms with Crippen molar-refractivity contribution in [1.29, 1.82) is 0 Å². The number of carbonyl (C=O) groups excluding carboxylic acids is 2. The summed E-state index contributed by atoms with van der Waals surface area (Å²) in [6.45, 7) is 5.63. The minimum Gasteiger partial charge on any atom is -0.462 e. The summed E-state index contributed by atoms with van der Waals surface area (Å²) >= 11 is 1.44. The molecule has 136 valence electrons. The first kappa shape index (κ1) is 17.0. The molecule has 0 bridgehead atoms. The first-order valence-electron chi connectivity index (χ1n) is 8.55. The number of nitrogens with one attached hydrogen (secondary N) is 1. The van der Waals surface area contributed by atoms with Crippen LogP contribution in [0.25, 0.3) is 0 Å². The van der Waals surface area contributed by atoms with E-state index in [1.807, 2.05) is 36.6 Å². The number of nitrogens with zero attached hydrogens (tertiary/aromatic N) is 1. The number of anilines is 2. The zero-order chi connectivity index (χ0) is 18.5. The minimum atomic E-state index is -1.19. The van der Waals surface area contributed by atoms with E-state index >= 15 is 0 Å². The van der Waals surface area contributed by atoms with Gasteiger partial charge in [0, 0.05) is 23.9 Å². The van der Waals surface area contributed by atoms with Gasteiger partial charge in [0.15, 0.2) is 16.1 Å². The van der Waals surface area contributed by atoms with Crippen LogP contribution in [0.2, 0.25) is 0 Å². The lowest BCUT2D eigenvalue weighted by atomic mass is 9.78. The average Bonchev–Trinajstić information content (AvgIpc) is 3.22. The first-order valence-corrected chi connectivity index (χ1v) is 9.43. The third-order valence-corrected chi connectivity index (χ3v) is 5.79. The fourth-order valence-corrected chi connectivity index (χ4v) is 4.54. The highest BCUT2D eigenvalue weighted by Gasteiger charge is 2.65. The van der Waals surface area contributed by atoms with E-state index in [9.17, 15) is 9.59 Å². The predicted octanol–water partition coefficient (Wildman–Crippen LogP) is 3.68. The van der Waals surface area contributed by atoms with Gasteiger partial charge in [-0.25, -0.2) is 4.98 Å². The third-order valence-electron chi connectivity index (χ3n) is 5.03. The lowest BCUT2D eigenvalue weighted by molar-refractivity contribution is -0.160. The van der Waals surface area contributed by atoms with Crippen LogP contribution in [0.4, 0.5) is 10.8 Å². The first-order chi connectivity index (χ1) is 12.3.